The van der Waals surface area contributed by atoms with Crippen molar-refractivity contribution in [3.63, 3.8) is 0 Å². The van der Waals surface area contributed by atoms with E-state index in [0.717, 1.165) is 18.6 Å². The number of unbranched alkanes of at least 4 members (excludes halogenated alkanes) is 4. The first-order chi connectivity index (χ1) is 11.9. The molecule has 0 N–H and O–H groups in total. The number of benzene rings is 1. The van der Waals surface area contributed by atoms with Gasteiger partial charge in [-0.15, -0.1) is 0 Å². The summed E-state index contributed by atoms with van der Waals surface area (Å²) in [7, 11) is -4.18. The monoisotopic (exact) mass is 392 g/mol. The Kier molecular flexibility index (Phi) is 14.0. The number of rotatable bonds is 13. The van der Waals surface area contributed by atoms with E-state index in [1.54, 1.807) is 6.92 Å². The molecule has 1 atom stereocenters. The molecule has 0 amide bonds. The summed E-state index contributed by atoms with van der Waals surface area (Å²) < 4.78 is 38.1. The molecule has 0 aliphatic carbocycles. The molecule has 1 aromatic carbocycles. The van der Waals surface area contributed by atoms with Gasteiger partial charge in [0.1, 0.15) is 5.75 Å². The molecule has 0 aliphatic rings. The van der Waals surface area contributed by atoms with Gasteiger partial charge in [0.25, 0.3) is 0 Å². The minimum atomic E-state index is -4.18. The van der Waals surface area contributed by atoms with Crippen LogP contribution >= 0.6 is 0 Å². The summed E-state index contributed by atoms with van der Waals surface area (Å²) >= 11 is 0. The van der Waals surface area contributed by atoms with Crippen molar-refractivity contribution >= 4 is 10.1 Å². The van der Waals surface area contributed by atoms with Crippen LogP contribution in [0.15, 0.2) is 18.2 Å². The van der Waals surface area contributed by atoms with Crippen LogP contribution in [0, 0.1) is 0 Å². The molecule has 0 radical (unpaired) electrons. The Morgan fingerprint density at radius 3 is 2.12 bits per heavy atom. The van der Waals surface area contributed by atoms with Gasteiger partial charge in [-0.25, -0.2) is 8.42 Å². The van der Waals surface area contributed by atoms with E-state index in [0.29, 0.717) is 0 Å². The molecular formula is C20H33NaO4S. The van der Waals surface area contributed by atoms with Crippen LogP contribution in [-0.2, 0) is 23.0 Å². The zero-order valence-electron chi connectivity index (χ0n) is 16.9. The first-order valence-electron chi connectivity index (χ1n) is 9.57. The second-order valence-corrected chi connectivity index (χ2v) is 8.35. The summed E-state index contributed by atoms with van der Waals surface area (Å²) in [6.07, 6.45) is 9.32. The molecule has 1 unspecified atom stereocenters. The van der Waals surface area contributed by atoms with E-state index in [2.05, 4.69) is 26.0 Å². The molecule has 0 bridgehead atoms. The van der Waals surface area contributed by atoms with Gasteiger partial charge in [0.2, 0.25) is 0 Å². The summed E-state index contributed by atoms with van der Waals surface area (Å²) in [6.45, 7) is 6.22. The fourth-order valence-electron chi connectivity index (χ4n) is 2.88. The van der Waals surface area contributed by atoms with Crippen LogP contribution in [0.4, 0.5) is 0 Å². The van der Waals surface area contributed by atoms with E-state index in [1.807, 2.05) is 6.07 Å². The van der Waals surface area contributed by atoms with Gasteiger partial charge in [0.05, 0.1) is 16.2 Å². The Balaban J connectivity index is 0.00000625. The maximum atomic E-state index is 10.7. The second kappa shape index (κ2) is 14.0. The van der Waals surface area contributed by atoms with Crippen LogP contribution in [0.2, 0.25) is 0 Å². The minimum absolute atomic E-state index is 0. The Morgan fingerprint density at radius 2 is 1.58 bits per heavy atom. The van der Waals surface area contributed by atoms with Crippen molar-refractivity contribution in [1.29, 1.82) is 0 Å². The summed E-state index contributed by atoms with van der Waals surface area (Å²) in [5, 5.41) is 0. The first-order valence-corrected chi connectivity index (χ1v) is 11.2. The molecule has 0 saturated carbocycles. The van der Waals surface area contributed by atoms with E-state index < -0.39 is 10.1 Å². The van der Waals surface area contributed by atoms with Crippen LogP contribution in [0.25, 0.3) is 0 Å². The fourth-order valence-corrected chi connectivity index (χ4v) is 3.51. The second-order valence-electron chi connectivity index (χ2n) is 6.82. The molecule has 1 aromatic rings. The van der Waals surface area contributed by atoms with E-state index in [-0.39, 0.29) is 47.8 Å². The van der Waals surface area contributed by atoms with Crippen LogP contribution < -0.4 is 34.3 Å². The third-order valence-corrected chi connectivity index (χ3v) is 5.12. The third-order valence-electron chi connectivity index (χ3n) is 4.39. The van der Waals surface area contributed by atoms with Crippen LogP contribution in [0.3, 0.4) is 0 Å². The van der Waals surface area contributed by atoms with Gasteiger partial charge in [0.15, 0.2) is 0 Å². The predicted octanol–water partition coefficient (Wildman–Crippen LogP) is 1.86. The molecule has 1 rings (SSSR count). The molecule has 0 saturated heterocycles. The molecular weight excluding hydrogens is 359 g/mol. The van der Waals surface area contributed by atoms with Crippen LogP contribution in [0.1, 0.15) is 76.8 Å². The fraction of sp³-hybridized carbons (Fsp3) is 0.700. The summed E-state index contributed by atoms with van der Waals surface area (Å²) in [4.78, 5) is 0. The van der Waals surface area contributed by atoms with Crippen molar-refractivity contribution in [2.75, 3.05) is 5.75 Å². The molecule has 0 fully saturated rings. The molecule has 6 heteroatoms. The van der Waals surface area contributed by atoms with Gasteiger partial charge in [-0.05, 0) is 62.3 Å². The first kappa shape index (κ1) is 25.9. The third kappa shape index (κ3) is 11.6. The smallest absolute Gasteiger partial charge is 0.748 e. The molecule has 26 heavy (non-hydrogen) atoms. The van der Waals surface area contributed by atoms with Gasteiger partial charge >= 0.3 is 29.6 Å². The topological polar surface area (TPSA) is 66.4 Å². The Morgan fingerprint density at radius 1 is 1.00 bits per heavy atom. The van der Waals surface area contributed by atoms with Crippen molar-refractivity contribution in [2.24, 2.45) is 0 Å². The number of hydrogen-bond acceptors (Lipinski definition) is 4. The zero-order valence-corrected chi connectivity index (χ0v) is 19.7. The number of ether oxygens (including phenoxy) is 1. The molecule has 0 aliphatic heterocycles. The van der Waals surface area contributed by atoms with Gasteiger partial charge < -0.3 is 9.29 Å². The minimum Gasteiger partial charge on any atom is -0.748 e. The Labute approximate surface area is 182 Å². The summed E-state index contributed by atoms with van der Waals surface area (Å²) in [6, 6.07) is 6.20. The largest absolute Gasteiger partial charge is 1.00 e. The van der Waals surface area contributed by atoms with Gasteiger partial charge in [-0.3, -0.25) is 0 Å². The van der Waals surface area contributed by atoms with E-state index >= 15 is 0 Å². The average molecular weight is 393 g/mol. The van der Waals surface area contributed by atoms with Gasteiger partial charge in [-0.2, -0.15) is 0 Å². The van der Waals surface area contributed by atoms with Crippen molar-refractivity contribution in [2.45, 2.75) is 84.7 Å². The molecule has 0 heterocycles. The van der Waals surface area contributed by atoms with E-state index in [9.17, 15) is 13.0 Å². The molecule has 0 spiro atoms. The van der Waals surface area contributed by atoms with Crippen molar-refractivity contribution in [3.05, 3.63) is 29.3 Å². The van der Waals surface area contributed by atoms with Crippen molar-refractivity contribution in [3.8, 4) is 5.75 Å². The van der Waals surface area contributed by atoms with Crippen molar-refractivity contribution in [1.82, 2.24) is 0 Å². The average Bonchev–Trinajstić information content (AvgIpc) is 2.54. The van der Waals surface area contributed by atoms with E-state index in [4.69, 9.17) is 4.74 Å². The normalized spacial score (nSPS) is 12.5. The van der Waals surface area contributed by atoms with E-state index in [1.165, 1.54) is 49.7 Å². The Bertz CT molecular complexity index is 602. The van der Waals surface area contributed by atoms with Gasteiger partial charge in [0, 0.05) is 5.75 Å². The molecule has 4 nitrogen and oxygen atoms in total. The molecule has 144 valence electrons. The SMILES string of the molecule is CCCCCc1ccc(OC(C)CCS(=O)(=O)[O-])cc1CCCCC.[Na+]. The molecule has 0 aromatic heterocycles. The number of aryl methyl sites for hydroxylation is 2. The maximum absolute atomic E-state index is 10.7. The maximum Gasteiger partial charge on any atom is 1.00 e. The van der Waals surface area contributed by atoms with Crippen molar-refractivity contribution < 1.29 is 47.3 Å². The van der Waals surface area contributed by atoms with Gasteiger partial charge in [-0.1, -0.05) is 45.6 Å². The van der Waals surface area contributed by atoms with Crippen LogP contribution in [-0.4, -0.2) is 24.8 Å². The standard InChI is InChI=1S/C20H34O4S.Na/c1-4-6-8-10-18-12-13-20(16-19(18)11-9-7-5-2)24-17(3)14-15-25(21,22)23;/h12-13,16-17H,4-11,14-15H2,1-3H3,(H,21,22,23);/q;+1/p-1. The predicted molar refractivity (Wildman–Crippen MR) is 102 cm³/mol. The Hall–Kier alpha value is -0.0700. The zero-order chi connectivity index (χ0) is 18.7. The number of hydrogen-bond donors (Lipinski definition) is 0. The quantitative estimate of drug-likeness (QED) is 0.292. The summed E-state index contributed by atoms with van der Waals surface area (Å²) in [5.74, 6) is 0.383. The van der Waals surface area contributed by atoms with Crippen LogP contribution in [0.5, 0.6) is 5.75 Å². The summed E-state index contributed by atoms with van der Waals surface area (Å²) in [5.41, 5.74) is 2.73.